The van der Waals surface area contributed by atoms with E-state index in [1.54, 1.807) is 30.3 Å². The van der Waals surface area contributed by atoms with E-state index in [0.717, 1.165) is 27.3 Å². The van der Waals surface area contributed by atoms with Gasteiger partial charge in [0, 0.05) is 13.1 Å². The molecule has 168 valence electrons. The number of anilines is 2. The second kappa shape index (κ2) is 9.32. The third-order valence-corrected chi connectivity index (χ3v) is 6.31. The summed E-state index contributed by atoms with van der Waals surface area (Å²) in [6, 6.07) is 18.1. The number of hydrogen-bond acceptors (Lipinski definition) is 5. The molecule has 0 unspecified atom stereocenters. The zero-order chi connectivity index (χ0) is 23.5. The van der Waals surface area contributed by atoms with Crippen molar-refractivity contribution in [2.75, 3.05) is 37.1 Å². The van der Waals surface area contributed by atoms with E-state index in [1.165, 1.54) is 21.3 Å². The summed E-state index contributed by atoms with van der Waals surface area (Å²) >= 11 is 0. The molecule has 0 bridgehead atoms. The van der Waals surface area contributed by atoms with Gasteiger partial charge in [0.05, 0.1) is 37.4 Å². The van der Waals surface area contributed by atoms with E-state index < -0.39 is 15.9 Å². The van der Waals surface area contributed by atoms with Crippen molar-refractivity contribution in [2.24, 2.45) is 0 Å². The van der Waals surface area contributed by atoms with Gasteiger partial charge in [-0.2, -0.15) is 0 Å². The number of nitrogens with one attached hydrogen (secondary N) is 1. The number of ether oxygens (including phenoxy) is 2. The van der Waals surface area contributed by atoms with Crippen LogP contribution in [0.3, 0.4) is 0 Å². The van der Waals surface area contributed by atoms with Gasteiger partial charge in [-0.15, -0.1) is 0 Å². The van der Waals surface area contributed by atoms with Crippen LogP contribution < -0.4 is 19.1 Å². The van der Waals surface area contributed by atoms with Gasteiger partial charge in [-0.3, -0.25) is 9.10 Å². The highest BCUT2D eigenvalue weighted by Crippen LogP contribution is 2.34. The Morgan fingerprint density at radius 1 is 0.906 bits per heavy atom. The van der Waals surface area contributed by atoms with Gasteiger partial charge in [-0.05, 0) is 42.3 Å². The second-order valence-corrected chi connectivity index (χ2v) is 9.36. The standard InChI is InChI=1S/C24H26N2O5S/c1-16-6-8-17(9-7-16)18-10-13-22(26(2)32(5,28)29)21(14-18)25-24(27)20-12-11-19(30-3)15-23(20)31-4/h6-15H,1-5H3,(H,25,27). The van der Waals surface area contributed by atoms with Crippen molar-refractivity contribution < 1.29 is 22.7 Å². The van der Waals surface area contributed by atoms with Crippen LogP contribution in [0, 0.1) is 6.92 Å². The van der Waals surface area contributed by atoms with Crippen LogP contribution in [-0.4, -0.2) is 41.8 Å². The maximum absolute atomic E-state index is 13.1. The average Bonchev–Trinajstić information content (AvgIpc) is 2.78. The predicted octanol–water partition coefficient (Wildman–Crippen LogP) is 4.33. The number of benzene rings is 3. The number of amides is 1. The number of hydrogen-bond donors (Lipinski definition) is 1. The Balaban J connectivity index is 2.06. The summed E-state index contributed by atoms with van der Waals surface area (Å²) < 4.78 is 36.0. The number of aryl methyl sites for hydroxylation is 1. The summed E-state index contributed by atoms with van der Waals surface area (Å²) in [5.41, 5.74) is 3.92. The lowest BCUT2D eigenvalue weighted by atomic mass is 10.0. The smallest absolute Gasteiger partial charge is 0.259 e. The number of sulfonamides is 1. The van der Waals surface area contributed by atoms with Gasteiger partial charge in [0.25, 0.3) is 5.91 Å². The molecule has 0 spiro atoms. The zero-order valence-corrected chi connectivity index (χ0v) is 19.5. The number of carbonyl (C=O) groups excluding carboxylic acids is 1. The minimum atomic E-state index is -3.54. The Bertz CT molecular complexity index is 1240. The van der Waals surface area contributed by atoms with Crippen LogP contribution in [0.15, 0.2) is 60.7 Å². The highest BCUT2D eigenvalue weighted by molar-refractivity contribution is 7.92. The lowest BCUT2D eigenvalue weighted by molar-refractivity contribution is 0.102. The zero-order valence-electron chi connectivity index (χ0n) is 18.7. The van der Waals surface area contributed by atoms with Crippen LogP contribution in [0.4, 0.5) is 11.4 Å². The van der Waals surface area contributed by atoms with Gasteiger partial charge in [-0.25, -0.2) is 8.42 Å². The highest BCUT2D eigenvalue weighted by Gasteiger charge is 2.20. The SMILES string of the molecule is COc1ccc(C(=O)Nc2cc(-c3ccc(C)cc3)ccc2N(C)S(C)(=O)=O)c(OC)c1. The highest BCUT2D eigenvalue weighted by atomic mass is 32.2. The van der Waals surface area contributed by atoms with Crippen molar-refractivity contribution >= 4 is 27.3 Å². The number of rotatable bonds is 7. The molecule has 0 heterocycles. The molecule has 0 radical (unpaired) electrons. The molecule has 1 N–H and O–H groups in total. The first-order valence-electron chi connectivity index (χ1n) is 9.82. The quantitative estimate of drug-likeness (QED) is 0.574. The van der Waals surface area contributed by atoms with Crippen molar-refractivity contribution in [1.82, 2.24) is 0 Å². The average molecular weight is 455 g/mol. The van der Waals surface area contributed by atoms with E-state index in [4.69, 9.17) is 9.47 Å². The molecule has 7 nitrogen and oxygen atoms in total. The fourth-order valence-corrected chi connectivity index (χ4v) is 3.71. The van der Waals surface area contributed by atoms with Crippen LogP contribution in [0.2, 0.25) is 0 Å². The first kappa shape index (κ1) is 23.1. The van der Waals surface area contributed by atoms with Crippen molar-refractivity contribution in [3.05, 3.63) is 71.8 Å². The summed E-state index contributed by atoms with van der Waals surface area (Å²) in [7, 11) is 0.892. The van der Waals surface area contributed by atoms with E-state index >= 15 is 0 Å². The predicted molar refractivity (Wildman–Crippen MR) is 127 cm³/mol. The number of nitrogens with zero attached hydrogens (tertiary/aromatic N) is 1. The third-order valence-electron chi connectivity index (χ3n) is 5.12. The molecular weight excluding hydrogens is 428 g/mol. The molecule has 3 rings (SSSR count). The van der Waals surface area contributed by atoms with E-state index in [-0.39, 0.29) is 0 Å². The lowest BCUT2D eigenvalue weighted by Crippen LogP contribution is -2.26. The minimum Gasteiger partial charge on any atom is -0.497 e. The summed E-state index contributed by atoms with van der Waals surface area (Å²) in [6.45, 7) is 2.00. The van der Waals surface area contributed by atoms with E-state index in [2.05, 4.69) is 5.32 Å². The largest absolute Gasteiger partial charge is 0.497 e. The molecule has 1 amide bonds. The van der Waals surface area contributed by atoms with Gasteiger partial charge < -0.3 is 14.8 Å². The van der Waals surface area contributed by atoms with Gasteiger partial charge in [0.15, 0.2) is 0 Å². The van der Waals surface area contributed by atoms with Crippen molar-refractivity contribution in [3.63, 3.8) is 0 Å². The number of methoxy groups -OCH3 is 2. The van der Waals surface area contributed by atoms with Crippen LogP contribution in [0.25, 0.3) is 11.1 Å². The first-order valence-corrected chi connectivity index (χ1v) is 11.7. The van der Waals surface area contributed by atoms with Crippen LogP contribution in [0.1, 0.15) is 15.9 Å². The monoisotopic (exact) mass is 454 g/mol. The molecule has 0 fully saturated rings. The third kappa shape index (κ3) is 5.03. The molecule has 0 aliphatic heterocycles. The molecule has 0 saturated carbocycles. The van der Waals surface area contributed by atoms with E-state index in [9.17, 15) is 13.2 Å². The van der Waals surface area contributed by atoms with Crippen LogP contribution in [-0.2, 0) is 10.0 Å². The molecule has 3 aromatic rings. The maximum atomic E-state index is 13.1. The van der Waals surface area contributed by atoms with Gasteiger partial charge in [0.1, 0.15) is 11.5 Å². The number of carbonyl (C=O) groups is 1. The summed E-state index contributed by atoms with van der Waals surface area (Å²) in [5.74, 6) is 0.459. The Morgan fingerprint density at radius 3 is 2.16 bits per heavy atom. The normalized spacial score (nSPS) is 11.0. The summed E-state index contributed by atoms with van der Waals surface area (Å²) in [5, 5.41) is 2.85. The first-order chi connectivity index (χ1) is 15.1. The minimum absolute atomic E-state index is 0.294. The van der Waals surface area contributed by atoms with Gasteiger partial charge >= 0.3 is 0 Å². The molecule has 32 heavy (non-hydrogen) atoms. The van der Waals surface area contributed by atoms with Crippen molar-refractivity contribution in [1.29, 1.82) is 0 Å². The Kier molecular flexibility index (Phi) is 6.74. The van der Waals surface area contributed by atoms with Gasteiger partial charge in [0.2, 0.25) is 10.0 Å². The molecule has 0 aliphatic carbocycles. The molecule has 0 aromatic heterocycles. The van der Waals surface area contributed by atoms with Crippen molar-refractivity contribution in [3.8, 4) is 22.6 Å². The van der Waals surface area contributed by atoms with E-state index in [0.29, 0.717) is 28.4 Å². The van der Waals surface area contributed by atoms with Crippen LogP contribution in [0.5, 0.6) is 11.5 Å². The fourth-order valence-electron chi connectivity index (χ4n) is 3.19. The summed E-state index contributed by atoms with van der Waals surface area (Å²) in [4.78, 5) is 13.1. The topological polar surface area (TPSA) is 84.9 Å². The maximum Gasteiger partial charge on any atom is 0.259 e. The molecule has 3 aromatic carbocycles. The Morgan fingerprint density at radius 2 is 1.56 bits per heavy atom. The van der Waals surface area contributed by atoms with Gasteiger partial charge in [-0.1, -0.05) is 35.9 Å². The molecule has 0 aliphatic rings. The molecular formula is C24H26N2O5S. The van der Waals surface area contributed by atoms with Crippen LogP contribution >= 0.6 is 0 Å². The van der Waals surface area contributed by atoms with Crippen molar-refractivity contribution in [2.45, 2.75) is 6.92 Å². The second-order valence-electron chi connectivity index (χ2n) is 7.35. The molecule has 0 saturated heterocycles. The molecule has 8 heteroatoms. The van der Waals surface area contributed by atoms with E-state index in [1.807, 2.05) is 37.3 Å². The lowest BCUT2D eigenvalue weighted by Gasteiger charge is -2.22. The Hall–Kier alpha value is -3.52. The fraction of sp³-hybridized carbons (Fsp3) is 0.208. The molecule has 0 atom stereocenters. The summed E-state index contributed by atoms with van der Waals surface area (Å²) in [6.07, 6.45) is 1.11. The Labute approximate surface area is 188 Å².